The van der Waals surface area contributed by atoms with Gasteiger partial charge in [-0.1, -0.05) is 41.9 Å². The molecule has 4 rings (SSSR count). The van der Waals surface area contributed by atoms with Crippen molar-refractivity contribution >= 4 is 52.2 Å². The van der Waals surface area contributed by atoms with Crippen molar-refractivity contribution in [3.63, 3.8) is 0 Å². The molecule has 2 unspecified atom stereocenters. The van der Waals surface area contributed by atoms with Crippen LogP contribution in [0.2, 0.25) is 5.02 Å². The quantitative estimate of drug-likeness (QED) is 0.497. The number of methoxy groups -OCH3 is 1. The van der Waals surface area contributed by atoms with Crippen LogP contribution in [0.1, 0.15) is 17.5 Å². The highest BCUT2D eigenvalue weighted by molar-refractivity contribution is 7.80. The van der Waals surface area contributed by atoms with Gasteiger partial charge in [0.15, 0.2) is 5.11 Å². The Morgan fingerprint density at radius 3 is 2.66 bits per heavy atom. The molecule has 0 spiro atoms. The van der Waals surface area contributed by atoms with Crippen LogP contribution in [0.5, 0.6) is 0 Å². The summed E-state index contributed by atoms with van der Waals surface area (Å²) in [6, 6.07) is 14.9. The van der Waals surface area contributed by atoms with Gasteiger partial charge in [-0.2, -0.15) is 0 Å². The summed E-state index contributed by atoms with van der Waals surface area (Å²) in [6.45, 7) is 2.05. The second-order valence-corrected chi connectivity index (χ2v) is 9.47. The van der Waals surface area contributed by atoms with Crippen LogP contribution in [-0.4, -0.2) is 85.5 Å². The summed E-state index contributed by atoms with van der Waals surface area (Å²) < 4.78 is 4.88. The number of fused-ring (bicyclic) bond motifs is 1. The SMILES string of the molecule is COC(=O)CC1CN(C)CCN1C(=S)NC1N=C(c2ccccc2)c2cc(Cl)ccc2N(C)C1=O. The number of benzodiazepines with no additional fused rings is 1. The smallest absolute Gasteiger partial charge is 0.307 e. The first kappa shape index (κ1) is 25.1. The maximum Gasteiger partial charge on any atom is 0.307 e. The Labute approximate surface area is 215 Å². The lowest BCUT2D eigenvalue weighted by Crippen LogP contribution is -2.59. The van der Waals surface area contributed by atoms with Crippen molar-refractivity contribution < 1.29 is 14.3 Å². The van der Waals surface area contributed by atoms with E-state index in [1.54, 1.807) is 18.0 Å². The fraction of sp³-hybridized carbons (Fsp3) is 0.360. The fourth-order valence-corrected chi connectivity index (χ4v) is 4.92. The molecule has 2 aromatic rings. The molecular formula is C25H28ClN5O3S. The first-order valence-corrected chi connectivity index (χ1v) is 12.1. The Hall–Kier alpha value is -3.01. The van der Waals surface area contributed by atoms with Crippen molar-refractivity contribution in [3.8, 4) is 0 Å². The van der Waals surface area contributed by atoms with Crippen molar-refractivity contribution in [3.05, 3.63) is 64.7 Å². The maximum atomic E-state index is 13.5. The van der Waals surface area contributed by atoms with Crippen molar-refractivity contribution in [2.45, 2.75) is 18.6 Å². The molecule has 1 N–H and O–H groups in total. The van der Waals surface area contributed by atoms with E-state index in [1.165, 1.54) is 7.11 Å². The number of carbonyl (C=O) groups excluding carboxylic acids is 2. The van der Waals surface area contributed by atoms with Crippen LogP contribution >= 0.6 is 23.8 Å². The van der Waals surface area contributed by atoms with Crippen LogP contribution in [0.15, 0.2) is 53.5 Å². The summed E-state index contributed by atoms with van der Waals surface area (Å²) in [5.74, 6) is -0.555. The molecular weight excluding hydrogens is 486 g/mol. The van der Waals surface area contributed by atoms with E-state index in [2.05, 4.69) is 10.2 Å². The van der Waals surface area contributed by atoms with Gasteiger partial charge in [-0.15, -0.1) is 0 Å². The lowest BCUT2D eigenvalue weighted by atomic mass is 10.0. The topological polar surface area (TPSA) is 77.5 Å². The molecule has 0 aliphatic carbocycles. The summed E-state index contributed by atoms with van der Waals surface area (Å²) in [7, 11) is 5.09. The normalized spacial score (nSPS) is 20.6. The number of halogens is 1. The second-order valence-electron chi connectivity index (χ2n) is 8.64. The van der Waals surface area contributed by atoms with Gasteiger partial charge < -0.3 is 24.8 Å². The molecule has 2 heterocycles. The fourth-order valence-electron chi connectivity index (χ4n) is 4.39. The van der Waals surface area contributed by atoms with E-state index >= 15 is 0 Å². The van der Waals surface area contributed by atoms with Crippen LogP contribution in [0, 0.1) is 0 Å². The molecule has 2 aromatic carbocycles. The van der Waals surface area contributed by atoms with Gasteiger partial charge in [0.25, 0.3) is 5.91 Å². The van der Waals surface area contributed by atoms with Crippen LogP contribution in [0.3, 0.4) is 0 Å². The zero-order valence-electron chi connectivity index (χ0n) is 19.9. The summed E-state index contributed by atoms with van der Waals surface area (Å²) >= 11 is 12.1. The largest absolute Gasteiger partial charge is 0.469 e. The van der Waals surface area contributed by atoms with Crippen molar-refractivity contribution in [1.82, 2.24) is 15.1 Å². The number of aliphatic imine (C=N–C) groups is 1. The predicted molar refractivity (Wildman–Crippen MR) is 141 cm³/mol. The molecule has 0 bridgehead atoms. The highest BCUT2D eigenvalue weighted by Gasteiger charge is 2.34. The standard InChI is InChI=1S/C25H28ClN5O3S/c1-29-11-12-31(18(15-29)14-21(32)34-3)25(35)28-23-24(33)30(2)20-10-9-17(26)13-19(20)22(27-23)16-7-5-4-6-8-16/h4-10,13,18,23H,11-12,14-15H2,1-3H3,(H,28,35). The molecule has 1 saturated heterocycles. The number of nitrogens with zero attached hydrogens (tertiary/aromatic N) is 4. The van der Waals surface area contributed by atoms with Gasteiger partial charge in [0.05, 0.1) is 31.0 Å². The van der Waals surface area contributed by atoms with E-state index < -0.39 is 6.17 Å². The zero-order chi connectivity index (χ0) is 25.1. The van der Waals surface area contributed by atoms with Gasteiger partial charge in [-0.05, 0) is 37.5 Å². The molecule has 35 heavy (non-hydrogen) atoms. The number of benzene rings is 2. The number of carbonyl (C=O) groups is 2. The predicted octanol–water partition coefficient (Wildman–Crippen LogP) is 2.53. The molecule has 0 radical (unpaired) electrons. The number of anilines is 1. The number of nitrogens with one attached hydrogen (secondary N) is 1. The molecule has 1 fully saturated rings. The highest BCUT2D eigenvalue weighted by Crippen LogP contribution is 2.30. The van der Waals surface area contributed by atoms with Gasteiger partial charge in [-0.25, -0.2) is 4.99 Å². The summed E-state index contributed by atoms with van der Waals surface area (Å²) in [5.41, 5.74) is 2.98. The summed E-state index contributed by atoms with van der Waals surface area (Å²) in [6.07, 6.45) is -0.753. The molecule has 0 aromatic heterocycles. The van der Waals surface area contributed by atoms with E-state index in [-0.39, 0.29) is 24.3 Å². The van der Waals surface area contributed by atoms with E-state index in [9.17, 15) is 9.59 Å². The molecule has 10 heteroatoms. The lowest BCUT2D eigenvalue weighted by Gasteiger charge is -2.41. The minimum atomic E-state index is -0.952. The first-order chi connectivity index (χ1) is 16.8. The molecule has 2 atom stereocenters. The number of hydrogen-bond donors (Lipinski definition) is 1. The van der Waals surface area contributed by atoms with Crippen LogP contribution in [-0.2, 0) is 14.3 Å². The van der Waals surface area contributed by atoms with Gasteiger partial charge >= 0.3 is 5.97 Å². The Bertz CT molecular complexity index is 1160. The third-order valence-electron chi connectivity index (χ3n) is 6.28. The number of amides is 1. The van der Waals surface area contributed by atoms with Gasteiger partial charge in [0.2, 0.25) is 6.17 Å². The summed E-state index contributed by atoms with van der Waals surface area (Å²) in [5, 5.41) is 4.10. The highest BCUT2D eigenvalue weighted by atomic mass is 35.5. The van der Waals surface area contributed by atoms with Crippen molar-refractivity contribution in [1.29, 1.82) is 0 Å². The first-order valence-electron chi connectivity index (χ1n) is 11.3. The van der Waals surface area contributed by atoms with Gasteiger partial charge in [-0.3, -0.25) is 9.59 Å². The van der Waals surface area contributed by atoms with Crippen LogP contribution < -0.4 is 10.2 Å². The monoisotopic (exact) mass is 513 g/mol. The minimum absolute atomic E-state index is 0.173. The van der Waals surface area contributed by atoms with Gasteiger partial charge in [0.1, 0.15) is 0 Å². The minimum Gasteiger partial charge on any atom is -0.469 e. The Morgan fingerprint density at radius 1 is 1.20 bits per heavy atom. The lowest BCUT2D eigenvalue weighted by molar-refractivity contribution is -0.142. The maximum absolute atomic E-state index is 13.5. The summed E-state index contributed by atoms with van der Waals surface area (Å²) in [4.78, 5) is 36.0. The second kappa shape index (κ2) is 10.7. The number of ether oxygens (including phenoxy) is 1. The van der Waals surface area contributed by atoms with Crippen molar-refractivity contribution in [2.75, 3.05) is 45.7 Å². The Morgan fingerprint density at radius 2 is 1.94 bits per heavy atom. The molecule has 2 aliphatic rings. The van der Waals surface area contributed by atoms with Crippen molar-refractivity contribution in [2.24, 2.45) is 4.99 Å². The number of hydrogen-bond acceptors (Lipinski definition) is 6. The molecule has 184 valence electrons. The Kier molecular flexibility index (Phi) is 7.69. The van der Waals surface area contributed by atoms with E-state index in [0.29, 0.717) is 34.6 Å². The third kappa shape index (κ3) is 5.47. The Balaban J connectivity index is 1.68. The number of rotatable bonds is 4. The number of likely N-dealkylation sites (N-methyl/N-ethyl adjacent to an activating group) is 2. The third-order valence-corrected chi connectivity index (χ3v) is 6.87. The number of esters is 1. The molecule has 1 amide bonds. The number of thiocarbonyl (C=S) groups is 1. The molecule has 8 nitrogen and oxygen atoms in total. The van der Waals surface area contributed by atoms with Gasteiger partial charge in [0, 0.05) is 42.8 Å². The molecule has 2 aliphatic heterocycles. The van der Waals surface area contributed by atoms with Crippen LogP contribution in [0.4, 0.5) is 5.69 Å². The van der Waals surface area contributed by atoms with E-state index in [1.807, 2.05) is 54.4 Å². The number of piperazine rings is 1. The average Bonchev–Trinajstić information content (AvgIpc) is 2.94. The average molecular weight is 514 g/mol. The molecule has 0 saturated carbocycles. The van der Waals surface area contributed by atoms with E-state index in [0.717, 1.165) is 17.7 Å². The van der Waals surface area contributed by atoms with E-state index in [4.69, 9.17) is 33.5 Å². The zero-order valence-corrected chi connectivity index (χ0v) is 21.5. The van der Waals surface area contributed by atoms with Crippen LogP contribution in [0.25, 0.3) is 0 Å².